The van der Waals surface area contributed by atoms with E-state index in [0.717, 1.165) is 27.3 Å². The zero-order valence-electron chi connectivity index (χ0n) is 9.51. The van der Waals surface area contributed by atoms with Crippen LogP contribution < -0.4 is 5.32 Å². The number of carbonyl (C=O) groups excluding carboxylic acids is 1. The van der Waals surface area contributed by atoms with E-state index < -0.39 is 0 Å². The molecule has 0 spiro atoms. The second-order valence-corrected chi connectivity index (χ2v) is 6.39. The van der Waals surface area contributed by atoms with Gasteiger partial charge < -0.3 is 5.32 Å². The van der Waals surface area contributed by atoms with Crippen molar-refractivity contribution in [1.29, 1.82) is 0 Å². The zero-order valence-corrected chi connectivity index (χ0v) is 13.3. The molecule has 0 aliphatic heterocycles. The summed E-state index contributed by atoms with van der Waals surface area (Å²) in [7, 11) is 0. The van der Waals surface area contributed by atoms with Gasteiger partial charge >= 0.3 is 0 Å². The highest BCUT2D eigenvalue weighted by atomic mass is 127. The van der Waals surface area contributed by atoms with Gasteiger partial charge in [0.1, 0.15) is 0 Å². The number of alkyl halides is 1. The fourth-order valence-corrected chi connectivity index (χ4v) is 3.53. The molecule has 0 radical (unpaired) electrons. The third kappa shape index (κ3) is 3.22. The largest absolute Gasteiger partial charge is 0.346 e. The van der Waals surface area contributed by atoms with E-state index in [1.807, 2.05) is 24.3 Å². The summed E-state index contributed by atoms with van der Waals surface area (Å²) >= 11 is 5.76. The van der Waals surface area contributed by atoms with Crippen LogP contribution in [0.15, 0.2) is 24.3 Å². The monoisotopic (exact) mass is 407 g/mol. The van der Waals surface area contributed by atoms with Crippen molar-refractivity contribution in [3.05, 3.63) is 33.4 Å². The molecule has 2 rings (SSSR count). The molecule has 0 aromatic heterocycles. The molecule has 0 heterocycles. The first-order chi connectivity index (χ1) is 8.15. The fourth-order valence-electron chi connectivity index (χ4n) is 2.29. The minimum atomic E-state index is -0.0294. The van der Waals surface area contributed by atoms with E-state index in [9.17, 15) is 4.79 Å². The molecule has 1 aliphatic rings. The highest BCUT2D eigenvalue weighted by Gasteiger charge is 2.34. The van der Waals surface area contributed by atoms with Crippen molar-refractivity contribution in [1.82, 2.24) is 5.32 Å². The molecule has 1 fully saturated rings. The Balaban J connectivity index is 2.11. The highest BCUT2D eigenvalue weighted by molar-refractivity contribution is 14.1. The Bertz CT molecular complexity index is 416. The zero-order chi connectivity index (χ0) is 12.3. The maximum atomic E-state index is 12.2. The van der Waals surface area contributed by atoms with Crippen LogP contribution in [0.4, 0.5) is 0 Å². The van der Waals surface area contributed by atoms with E-state index in [4.69, 9.17) is 0 Å². The summed E-state index contributed by atoms with van der Waals surface area (Å²) < 4.78 is 1.09. The van der Waals surface area contributed by atoms with Crippen LogP contribution in [0.25, 0.3) is 0 Å². The van der Waals surface area contributed by atoms with Gasteiger partial charge in [0.15, 0.2) is 0 Å². The maximum Gasteiger partial charge on any atom is 0.251 e. The molecule has 0 bridgehead atoms. The van der Waals surface area contributed by atoms with Crippen molar-refractivity contribution in [2.75, 3.05) is 5.33 Å². The minimum absolute atomic E-state index is 0.0294. The Morgan fingerprint density at radius 1 is 1.41 bits per heavy atom. The average Bonchev–Trinajstić information content (AvgIpc) is 2.78. The van der Waals surface area contributed by atoms with Crippen LogP contribution in [-0.2, 0) is 0 Å². The number of benzene rings is 1. The first kappa shape index (κ1) is 13.3. The van der Waals surface area contributed by atoms with Gasteiger partial charge in [-0.1, -0.05) is 34.8 Å². The maximum absolute atomic E-state index is 12.2. The number of hydrogen-bond acceptors (Lipinski definition) is 1. The molecule has 92 valence electrons. The number of halogens is 2. The number of amides is 1. The standard InChI is InChI=1S/C13H15BrINO/c14-9-13(6-1-2-7-13)16-12(17)10-4-3-5-11(15)8-10/h3-5,8H,1-2,6-7,9H2,(H,16,17). The van der Waals surface area contributed by atoms with Gasteiger partial charge in [0, 0.05) is 14.5 Å². The van der Waals surface area contributed by atoms with E-state index >= 15 is 0 Å². The van der Waals surface area contributed by atoms with E-state index in [0.29, 0.717) is 0 Å². The molecule has 1 saturated carbocycles. The molecule has 0 saturated heterocycles. The topological polar surface area (TPSA) is 29.1 Å². The Labute approximate surface area is 124 Å². The van der Waals surface area contributed by atoms with E-state index in [1.165, 1.54) is 12.8 Å². The molecule has 4 heteroatoms. The molecular formula is C13H15BrINO. The Morgan fingerprint density at radius 3 is 2.71 bits per heavy atom. The van der Waals surface area contributed by atoms with Crippen molar-refractivity contribution >= 4 is 44.4 Å². The molecular weight excluding hydrogens is 393 g/mol. The van der Waals surface area contributed by atoms with Gasteiger partial charge in [-0.3, -0.25) is 4.79 Å². The summed E-state index contributed by atoms with van der Waals surface area (Å²) in [6, 6.07) is 7.71. The van der Waals surface area contributed by atoms with Gasteiger partial charge in [-0.05, 0) is 53.6 Å². The van der Waals surface area contributed by atoms with Crippen LogP contribution in [0.3, 0.4) is 0 Å². The lowest BCUT2D eigenvalue weighted by Gasteiger charge is -2.28. The molecule has 1 aliphatic carbocycles. The second-order valence-electron chi connectivity index (χ2n) is 4.59. The lowest BCUT2D eigenvalue weighted by molar-refractivity contribution is 0.0910. The summed E-state index contributed by atoms with van der Waals surface area (Å²) in [5.74, 6) is 0.0462. The van der Waals surface area contributed by atoms with Crippen LogP contribution in [0.5, 0.6) is 0 Å². The quantitative estimate of drug-likeness (QED) is 0.600. The Kier molecular flexibility index (Phi) is 4.47. The van der Waals surface area contributed by atoms with Crippen molar-refractivity contribution < 1.29 is 4.79 Å². The van der Waals surface area contributed by atoms with Gasteiger partial charge in [-0.2, -0.15) is 0 Å². The molecule has 2 nitrogen and oxygen atoms in total. The molecule has 1 amide bonds. The predicted octanol–water partition coefficient (Wildman–Crippen LogP) is 3.73. The van der Waals surface area contributed by atoms with Gasteiger partial charge in [-0.15, -0.1) is 0 Å². The molecule has 1 N–H and O–H groups in total. The number of nitrogens with one attached hydrogen (secondary N) is 1. The molecule has 17 heavy (non-hydrogen) atoms. The third-order valence-electron chi connectivity index (χ3n) is 3.28. The number of rotatable bonds is 3. The number of hydrogen-bond donors (Lipinski definition) is 1. The lowest BCUT2D eigenvalue weighted by atomic mass is 10.00. The SMILES string of the molecule is O=C(NC1(CBr)CCCC1)c1cccc(I)c1. The summed E-state index contributed by atoms with van der Waals surface area (Å²) in [5, 5.41) is 4.04. The minimum Gasteiger partial charge on any atom is -0.346 e. The normalized spacial score (nSPS) is 18.0. The van der Waals surface area contributed by atoms with Crippen molar-refractivity contribution in [3.8, 4) is 0 Å². The van der Waals surface area contributed by atoms with Crippen LogP contribution in [0, 0.1) is 3.57 Å². The van der Waals surface area contributed by atoms with Crippen LogP contribution in [0.1, 0.15) is 36.0 Å². The first-order valence-electron chi connectivity index (χ1n) is 5.79. The smallest absolute Gasteiger partial charge is 0.251 e. The summed E-state index contributed by atoms with van der Waals surface area (Å²) in [4.78, 5) is 12.2. The van der Waals surface area contributed by atoms with Gasteiger partial charge in [0.05, 0.1) is 5.54 Å². The Hall–Kier alpha value is -0.100. The van der Waals surface area contributed by atoms with Gasteiger partial charge in [0.25, 0.3) is 5.91 Å². The van der Waals surface area contributed by atoms with Crippen LogP contribution in [0.2, 0.25) is 0 Å². The van der Waals surface area contributed by atoms with Gasteiger partial charge in [-0.25, -0.2) is 0 Å². The third-order valence-corrected chi connectivity index (χ3v) is 5.03. The summed E-state index contributed by atoms with van der Waals surface area (Å²) in [5.41, 5.74) is 0.724. The molecule has 0 atom stereocenters. The van der Waals surface area contributed by atoms with E-state index in [1.54, 1.807) is 0 Å². The highest BCUT2D eigenvalue weighted by Crippen LogP contribution is 2.31. The van der Waals surface area contributed by atoms with Gasteiger partial charge in [0.2, 0.25) is 0 Å². The molecule has 1 aromatic rings. The van der Waals surface area contributed by atoms with E-state index in [2.05, 4.69) is 43.8 Å². The van der Waals surface area contributed by atoms with Crippen molar-refractivity contribution in [3.63, 3.8) is 0 Å². The summed E-state index contributed by atoms with van der Waals surface area (Å²) in [6.45, 7) is 0. The van der Waals surface area contributed by atoms with Crippen molar-refractivity contribution in [2.45, 2.75) is 31.2 Å². The Morgan fingerprint density at radius 2 is 2.12 bits per heavy atom. The van der Waals surface area contributed by atoms with E-state index in [-0.39, 0.29) is 11.4 Å². The van der Waals surface area contributed by atoms with Crippen LogP contribution in [-0.4, -0.2) is 16.8 Å². The van der Waals surface area contributed by atoms with Crippen molar-refractivity contribution in [2.24, 2.45) is 0 Å². The first-order valence-corrected chi connectivity index (χ1v) is 7.99. The molecule has 1 aromatic carbocycles. The average molecular weight is 408 g/mol. The summed E-state index contributed by atoms with van der Waals surface area (Å²) in [6.07, 6.45) is 4.57. The second kappa shape index (κ2) is 5.69. The molecule has 0 unspecified atom stereocenters. The number of carbonyl (C=O) groups is 1. The predicted molar refractivity (Wildman–Crippen MR) is 81.6 cm³/mol. The fraction of sp³-hybridized carbons (Fsp3) is 0.462. The lowest BCUT2D eigenvalue weighted by Crippen LogP contribution is -2.47. The van der Waals surface area contributed by atoms with Crippen LogP contribution >= 0.6 is 38.5 Å².